The number of carbonyl (C=O) groups is 1. The van der Waals surface area contributed by atoms with Crippen molar-refractivity contribution in [3.63, 3.8) is 0 Å². The maximum atomic E-state index is 14.0. The molecule has 1 heterocycles. The Bertz CT molecular complexity index is 656. The van der Waals surface area contributed by atoms with E-state index in [-0.39, 0.29) is 17.8 Å². The van der Waals surface area contributed by atoms with E-state index in [1.54, 1.807) is 26.0 Å². The van der Waals surface area contributed by atoms with E-state index < -0.39 is 17.3 Å². The second-order valence-corrected chi connectivity index (χ2v) is 4.83. The van der Waals surface area contributed by atoms with Gasteiger partial charge >= 0.3 is 5.97 Å². The summed E-state index contributed by atoms with van der Waals surface area (Å²) in [6.07, 6.45) is 0.272. The van der Waals surface area contributed by atoms with Crippen molar-refractivity contribution in [1.82, 2.24) is 20.2 Å². The second kappa shape index (κ2) is 4.99. The van der Waals surface area contributed by atoms with Gasteiger partial charge in [0.05, 0.1) is 5.56 Å². The van der Waals surface area contributed by atoms with E-state index in [0.717, 1.165) is 10.2 Å². The fourth-order valence-electron chi connectivity index (χ4n) is 1.88. The standard InChI is InChI=1S/C13H15FN4O2/c1-4-13(3,12(19)20)18-11(15-16-17-18)9-6-5-8(2)7-10(9)14/h5-7H,4H2,1-3H3,(H,19,20). The predicted molar refractivity (Wildman–Crippen MR) is 69.5 cm³/mol. The predicted octanol–water partition coefficient (Wildman–Crippen LogP) is 2.00. The van der Waals surface area contributed by atoms with Gasteiger partial charge in [-0.1, -0.05) is 13.0 Å². The largest absolute Gasteiger partial charge is 0.479 e. The van der Waals surface area contributed by atoms with Crippen LogP contribution in [0.2, 0.25) is 0 Å². The molecule has 2 aromatic rings. The summed E-state index contributed by atoms with van der Waals surface area (Å²) in [4.78, 5) is 11.5. The van der Waals surface area contributed by atoms with Crippen LogP contribution in [0.3, 0.4) is 0 Å². The summed E-state index contributed by atoms with van der Waals surface area (Å²) in [6.45, 7) is 4.98. The van der Waals surface area contributed by atoms with Crippen LogP contribution in [0.4, 0.5) is 4.39 Å². The lowest BCUT2D eigenvalue weighted by molar-refractivity contribution is -0.147. The summed E-state index contributed by atoms with van der Waals surface area (Å²) >= 11 is 0. The summed E-state index contributed by atoms with van der Waals surface area (Å²) < 4.78 is 15.2. The first-order valence-electron chi connectivity index (χ1n) is 6.19. The average Bonchev–Trinajstić information content (AvgIpc) is 2.87. The smallest absolute Gasteiger partial charge is 0.331 e. The summed E-state index contributed by atoms with van der Waals surface area (Å²) in [5, 5.41) is 20.4. The van der Waals surface area contributed by atoms with E-state index in [9.17, 15) is 14.3 Å². The van der Waals surface area contributed by atoms with E-state index in [0.29, 0.717) is 0 Å². The van der Waals surface area contributed by atoms with Crippen molar-refractivity contribution in [3.8, 4) is 11.4 Å². The molecule has 0 aliphatic rings. The number of aliphatic carboxylic acids is 1. The van der Waals surface area contributed by atoms with Crippen LogP contribution in [0.1, 0.15) is 25.8 Å². The lowest BCUT2D eigenvalue weighted by Crippen LogP contribution is -2.39. The van der Waals surface area contributed by atoms with Crippen molar-refractivity contribution in [2.75, 3.05) is 0 Å². The van der Waals surface area contributed by atoms with Crippen LogP contribution < -0.4 is 0 Å². The Morgan fingerprint density at radius 1 is 1.50 bits per heavy atom. The Morgan fingerprint density at radius 3 is 2.75 bits per heavy atom. The normalized spacial score (nSPS) is 14.0. The van der Waals surface area contributed by atoms with Gasteiger partial charge in [0.15, 0.2) is 11.4 Å². The Morgan fingerprint density at radius 2 is 2.20 bits per heavy atom. The van der Waals surface area contributed by atoms with Gasteiger partial charge in [0, 0.05) is 0 Å². The molecule has 0 bridgehead atoms. The van der Waals surface area contributed by atoms with E-state index in [1.165, 1.54) is 13.0 Å². The topological polar surface area (TPSA) is 80.9 Å². The SMILES string of the molecule is CCC(C)(C(=O)O)n1nnnc1-c1ccc(C)cc1F. The van der Waals surface area contributed by atoms with Crippen LogP contribution in [0, 0.1) is 12.7 Å². The van der Waals surface area contributed by atoms with Gasteiger partial charge in [-0.2, -0.15) is 0 Å². The molecule has 2 rings (SSSR count). The Kier molecular flexibility index (Phi) is 3.52. The lowest BCUT2D eigenvalue weighted by atomic mass is 9.99. The van der Waals surface area contributed by atoms with Crippen molar-refractivity contribution in [2.24, 2.45) is 0 Å². The third-order valence-electron chi connectivity index (χ3n) is 3.45. The molecule has 1 aromatic carbocycles. The number of benzene rings is 1. The molecule has 0 aliphatic carbocycles. The molecule has 1 atom stereocenters. The molecular formula is C13H15FN4O2. The number of halogens is 1. The summed E-state index contributed by atoms with van der Waals surface area (Å²) in [5.74, 6) is -1.44. The van der Waals surface area contributed by atoms with Crippen molar-refractivity contribution >= 4 is 5.97 Å². The van der Waals surface area contributed by atoms with Crippen LogP contribution >= 0.6 is 0 Å². The third kappa shape index (κ3) is 2.15. The number of nitrogens with zero attached hydrogens (tertiary/aromatic N) is 4. The van der Waals surface area contributed by atoms with Crippen LogP contribution in [0.25, 0.3) is 11.4 Å². The number of hydrogen-bond acceptors (Lipinski definition) is 4. The molecule has 1 aromatic heterocycles. The molecule has 1 N–H and O–H groups in total. The highest BCUT2D eigenvalue weighted by Crippen LogP contribution is 2.28. The van der Waals surface area contributed by atoms with Crippen LogP contribution in [-0.4, -0.2) is 31.3 Å². The first-order valence-corrected chi connectivity index (χ1v) is 6.19. The number of hydrogen-bond donors (Lipinski definition) is 1. The summed E-state index contributed by atoms with van der Waals surface area (Å²) in [6, 6.07) is 4.63. The Labute approximate surface area is 115 Å². The van der Waals surface area contributed by atoms with Gasteiger partial charge in [-0.05, 0) is 48.4 Å². The summed E-state index contributed by atoms with van der Waals surface area (Å²) in [7, 11) is 0. The van der Waals surface area contributed by atoms with Crippen molar-refractivity contribution in [1.29, 1.82) is 0 Å². The molecule has 106 valence electrons. The van der Waals surface area contributed by atoms with Gasteiger partial charge in [-0.25, -0.2) is 13.9 Å². The van der Waals surface area contributed by atoms with Gasteiger partial charge in [-0.3, -0.25) is 0 Å². The van der Waals surface area contributed by atoms with Gasteiger partial charge in [0.25, 0.3) is 0 Å². The number of carboxylic acids is 1. The van der Waals surface area contributed by atoms with Crippen LogP contribution in [-0.2, 0) is 10.3 Å². The maximum absolute atomic E-state index is 14.0. The fourth-order valence-corrected chi connectivity index (χ4v) is 1.88. The number of rotatable bonds is 4. The number of aryl methyl sites for hydroxylation is 1. The van der Waals surface area contributed by atoms with Gasteiger partial charge in [0.1, 0.15) is 5.82 Å². The molecular weight excluding hydrogens is 263 g/mol. The second-order valence-electron chi connectivity index (χ2n) is 4.83. The molecule has 0 spiro atoms. The van der Waals surface area contributed by atoms with Gasteiger partial charge in [0.2, 0.25) is 0 Å². The molecule has 0 saturated heterocycles. The first-order chi connectivity index (χ1) is 9.40. The summed E-state index contributed by atoms with van der Waals surface area (Å²) in [5.41, 5.74) is -0.376. The molecule has 0 aliphatic heterocycles. The number of aromatic nitrogens is 4. The number of carboxylic acid groups (broad SMARTS) is 1. The Balaban J connectivity index is 2.61. The third-order valence-corrected chi connectivity index (χ3v) is 3.45. The zero-order chi connectivity index (χ0) is 14.9. The number of tetrazole rings is 1. The first kappa shape index (κ1) is 14.1. The van der Waals surface area contributed by atoms with Crippen molar-refractivity contribution in [3.05, 3.63) is 29.6 Å². The van der Waals surface area contributed by atoms with Crippen molar-refractivity contribution < 1.29 is 14.3 Å². The maximum Gasteiger partial charge on any atom is 0.331 e. The van der Waals surface area contributed by atoms with Crippen molar-refractivity contribution in [2.45, 2.75) is 32.7 Å². The van der Waals surface area contributed by atoms with E-state index in [4.69, 9.17) is 0 Å². The minimum absolute atomic E-state index is 0.106. The zero-order valence-corrected chi connectivity index (χ0v) is 11.5. The fraction of sp³-hybridized carbons (Fsp3) is 0.385. The molecule has 0 radical (unpaired) electrons. The van der Waals surface area contributed by atoms with Crippen LogP contribution in [0.5, 0.6) is 0 Å². The Hall–Kier alpha value is -2.31. The molecule has 0 fully saturated rings. The van der Waals surface area contributed by atoms with Gasteiger partial charge in [-0.15, -0.1) is 5.10 Å². The molecule has 6 nitrogen and oxygen atoms in total. The minimum atomic E-state index is -1.32. The zero-order valence-electron chi connectivity index (χ0n) is 11.5. The van der Waals surface area contributed by atoms with E-state index in [2.05, 4.69) is 15.5 Å². The quantitative estimate of drug-likeness (QED) is 0.925. The average molecular weight is 278 g/mol. The molecule has 20 heavy (non-hydrogen) atoms. The molecule has 0 amide bonds. The van der Waals surface area contributed by atoms with E-state index >= 15 is 0 Å². The van der Waals surface area contributed by atoms with Crippen LogP contribution in [0.15, 0.2) is 18.2 Å². The monoisotopic (exact) mass is 278 g/mol. The minimum Gasteiger partial charge on any atom is -0.479 e. The van der Waals surface area contributed by atoms with Gasteiger partial charge < -0.3 is 5.11 Å². The highest BCUT2D eigenvalue weighted by atomic mass is 19.1. The van der Waals surface area contributed by atoms with E-state index in [1.807, 2.05) is 0 Å². The molecule has 1 unspecified atom stereocenters. The molecule has 7 heteroatoms. The highest BCUT2D eigenvalue weighted by molar-refractivity contribution is 5.77. The lowest BCUT2D eigenvalue weighted by Gasteiger charge is -2.24. The molecule has 0 saturated carbocycles. The highest BCUT2D eigenvalue weighted by Gasteiger charge is 2.37.